The van der Waals surface area contributed by atoms with Crippen LogP contribution in [-0.4, -0.2) is 28.1 Å². The lowest BCUT2D eigenvalue weighted by atomic mass is 10.1. The fourth-order valence-electron chi connectivity index (χ4n) is 1.78. The third-order valence-electron chi connectivity index (χ3n) is 2.67. The molecule has 1 atom stereocenters. The number of hydrogen-bond acceptors (Lipinski definition) is 3. The molecule has 0 aromatic carbocycles. The number of pyridine rings is 1. The highest BCUT2D eigenvalue weighted by Crippen LogP contribution is 2.23. The summed E-state index contributed by atoms with van der Waals surface area (Å²) in [5.41, 5.74) is 1.01. The fraction of sp³-hybridized carbons (Fsp3) is 0.364. The second kappa shape index (κ2) is 3.81. The smallest absolute Gasteiger partial charge is 0.230 e. The number of carbonyl (C=O) groups is 2. The van der Waals surface area contributed by atoms with Crippen LogP contribution in [0.3, 0.4) is 0 Å². The van der Waals surface area contributed by atoms with E-state index in [0.29, 0.717) is 0 Å². The average Bonchev–Trinajstić information content (AvgIpc) is 2.58. The van der Waals surface area contributed by atoms with Gasteiger partial charge in [-0.1, -0.05) is 0 Å². The number of Topliss-reactive ketones (excluding diaryl/α,β-unsaturated/α-hetero) is 1. The molecule has 1 fully saturated rings. The molecule has 1 amide bonds. The third kappa shape index (κ3) is 1.88. The zero-order valence-electron chi connectivity index (χ0n) is 8.51. The van der Waals surface area contributed by atoms with Gasteiger partial charge in [-0.15, -0.1) is 0 Å². The van der Waals surface area contributed by atoms with Crippen molar-refractivity contribution in [3.05, 3.63) is 30.1 Å². The summed E-state index contributed by atoms with van der Waals surface area (Å²) in [6.45, 7) is 2.16. The van der Waals surface area contributed by atoms with Crippen LogP contribution in [0.1, 0.15) is 24.9 Å². The summed E-state index contributed by atoms with van der Waals surface area (Å²) in [7, 11) is 0. The van der Waals surface area contributed by atoms with Crippen molar-refractivity contribution in [2.75, 3.05) is 6.54 Å². The molecule has 15 heavy (non-hydrogen) atoms. The number of amides is 1. The van der Waals surface area contributed by atoms with E-state index in [9.17, 15) is 9.59 Å². The summed E-state index contributed by atoms with van der Waals surface area (Å²) in [5.74, 6) is -0.0785. The van der Waals surface area contributed by atoms with E-state index in [1.54, 1.807) is 17.3 Å². The van der Waals surface area contributed by atoms with Gasteiger partial charge in [0, 0.05) is 12.4 Å². The molecule has 0 saturated carbocycles. The normalized spacial score (nSPS) is 18.3. The van der Waals surface area contributed by atoms with E-state index >= 15 is 0 Å². The lowest BCUT2D eigenvalue weighted by molar-refractivity contribution is -0.129. The van der Waals surface area contributed by atoms with Crippen molar-refractivity contribution in [3.8, 4) is 0 Å². The molecule has 4 heteroatoms. The van der Waals surface area contributed by atoms with Crippen LogP contribution in [0.4, 0.5) is 0 Å². The lowest BCUT2D eigenvalue weighted by Crippen LogP contribution is -2.28. The van der Waals surface area contributed by atoms with Crippen molar-refractivity contribution in [1.29, 1.82) is 0 Å². The Morgan fingerprint density at radius 1 is 1.33 bits per heavy atom. The summed E-state index contributed by atoms with van der Waals surface area (Å²) in [5, 5.41) is 0. The fourth-order valence-corrected chi connectivity index (χ4v) is 1.78. The topological polar surface area (TPSA) is 50.3 Å². The van der Waals surface area contributed by atoms with Gasteiger partial charge in [0.05, 0.1) is 19.0 Å². The van der Waals surface area contributed by atoms with Crippen molar-refractivity contribution in [2.24, 2.45) is 0 Å². The Morgan fingerprint density at radius 2 is 2.00 bits per heavy atom. The van der Waals surface area contributed by atoms with Crippen LogP contribution in [-0.2, 0) is 9.59 Å². The second-order valence-electron chi connectivity index (χ2n) is 3.69. The van der Waals surface area contributed by atoms with Gasteiger partial charge in [0.15, 0.2) is 5.78 Å². The predicted molar refractivity (Wildman–Crippen MR) is 54.0 cm³/mol. The number of likely N-dealkylation sites (tertiary alicyclic amines) is 1. The second-order valence-corrected chi connectivity index (χ2v) is 3.69. The maximum Gasteiger partial charge on any atom is 0.230 e. The van der Waals surface area contributed by atoms with Gasteiger partial charge in [-0.2, -0.15) is 0 Å². The number of ketones is 1. The molecule has 1 saturated heterocycles. The molecule has 0 aliphatic carbocycles. The van der Waals surface area contributed by atoms with Crippen molar-refractivity contribution >= 4 is 11.7 Å². The number of carbonyl (C=O) groups excluding carboxylic acids is 2. The summed E-state index contributed by atoms with van der Waals surface area (Å²) >= 11 is 0. The van der Waals surface area contributed by atoms with Crippen molar-refractivity contribution in [1.82, 2.24) is 9.88 Å². The minimum absolute atomic E-state index is 0.000839. The molecule has 0 N–H and O–H groups in total. The number of aromatic nitrogens is 1. The van der Waals surface area contributed by atoms with E-state index in [1.165, 1.54) is 0 Å². The Kier molecular flexibility index (Phi) is 2.49. The van der Waals surface area contributed by atoms with Crippen LogP contribution in [0, 0.1) is 0 Å². The summed E-state index contributed by atoms with van der Waals surface area (Å²) in [6, 6.07) is 3.67. The number of rotatable bonds is 2. The third-order valence-corrected chi connectivity index (χ3v) is 2.67. The zero-order chi connectivity index (χ0) is 10.8. The Hall–Kier alpha value is -1.71. The van der Waals surface area contributed by atoms with Crippen LogP contribution in [0.5, 0.6) is 0 Å². The van der Waals surface area contributed by atoms with Gasteiger partial charge in [-0.05, 0) is 24.6 Å². The number of nitrogens with zero attached hydrogens (tertiary/aromatic N) is 2. The molecular formula is C11H12N2O2. The van der Waals surface area contributed by atoms with E-state index in [0.717, 1.165) is 5.56 Å². The monoisotopic (exact) mass is 204 g/mol. The van der Waals surface area contributed by atoms with Gasteiger partial charge in [-0.3, -0.25) is 14.6 Å². The van der Waals surface area contributed by atoms with Crippen molar-refractivity contribution < 1.29 is 9.59 Å². The van der Waals surface area contributed by atoms with Gasteiger partial charge in [-0.25, -0.2) is 0 Å². The van der Waals surface area contributed by atoms with Crippen LogP contribution in [0.2, 0.25) is 0 Å². The summed E-state index contributed by atoms with van der Waals surface area (Å²) in [4.78, 5) is 28.1. The first-order valence-electron chi connectivity index (χ1n) is 4.89. The molecule has 0 radical (unpaired) electrons. The standard InChI is InChI=1S/C11H12N2O2/c1-8(9-2-4-12-5-3-9)13-7-10(14)6-11(13)15/h2-5,8H,6-7H2,1H3. The van der Waals surface area contributed by atoms with E-state index in [1.807, 2.05) is 19.1 Å². The summed E-state index contributed by atoms with van der Waals surface area (Å²) < 4.78 is 0. The molecular weight excluding hydrogens is 192 g/mol. The van der Waals surface area contributed by atoms with Crippen molar-refractivity contribution in [3.63, 3.8) is 0 Å². The van der Waals surface area contributed by atoms with E-state index in [2.05, 4.69) is 4.98 Å². The molecule has 1 aliphatic rings. The van der Waals surface area contributed by atoms with Crippen LogP contribution in [0.15, 0.2) is 24.5 Å². The largest absolute Gasteiger partial charge is 0.328 e. The Bertz CT molecular complexity index is 389. The Morgan fingerprint density at radius 3 is 2.53 bits per heavy atom. The molecule has 78 valence electrons. The minimum atomic E-state index is -0.0793. The van der Waals surface area contributed by atoms with Gasteiger partial charge in [0.2, 0.25) is 5.91 Å². The maximum atomic E-state index is 11.5. The van der Waals surface area contributed by atoms with Crippen LogP contribution < -0.4 is 0 Å². The average molecular weight is 204 g/mol. The highest BCUT2D eigenvalue weighted by Gasteiger charge is 2.31. The maximum absolute atomic E-state index is 11.5. The Balaban J connectivity index is 2.18. The van der Waals surface area contributed by atoms with Gasteiger partial charge in [0.1, 0.15) is 0 Å². The first-order valence-corrected chi connectivity index (χ1v) is 4.89. The molecule has 1 aromatic heterocycles. The SMILES string of the molecule is CC(c1ccncc1)N1CC(=O)CC1=O. The van der Waals surface area contributed by atoms with E-state index in [4.69, 9.17) is 0 Å². The first-order chi connectivity index (χ1) is 7.18. The predicted octanol–water partition coefficient (Wildman–Crippen LogP) is 0.944. The lowest BCUT2D eigenvalue weighted by Gasteiger charge is -2.23. The highest BCUT2D eigenvalue weighted by molar-refractivity contribution is 6.05. The number of hydrogen-bond donors (Lipinski definition) is 0. The molecule has 1 unspecified atom stereocenters. The van der Waals surface area contributed by atoms with Crippen LogP contribution in [0.25, 0.3) is 0 Å². The molecule has 4 nitrogen and oxygen atoms in total. The molecule has 2 heterocycles. The first kappa shape index (κ1) is 9.83. The van der Waals surface area contributed by atoms with Gasteiger partial charge < -0.3 is 4.90 Å². The molecule has 0 bridgehead atoms. The summed E-state index contributed by atoms with van der Waals surface area (Å²) in [6.07, 6.45) is 3.43. The van der Waals surface area contributed by atoms with E-state index < -0.39 is 0 Å². The van der Waals surface area contributed by atoms with E-state index in [-0.39, 0.29) is 30.7 Å². The highest BCUT2D eigenvalue weighted by atomic mass is 16.2. The molecule has 0 spiro atoms. The Labute approximate surface area is 87.9 Å². The van der Waals surface area contributed by atoms with Gasteiger partial charge >= 0.3 is 0 Å². The quantitative estimate of drug-likeness (QED) is 0.674. The van der Waals surface area contributed by atoms with Gasteiger partial charge in [0.25, 0.3) is 0 Å². The zero-order valence-corrected chi connectivity index (χ0v) is 8.51. The van der Waals surface area contributed by atoms with Crippen LogP contribution >= 0.6 is 0 Å². The molecule has 1 aromatic rings. The van der Waals surface area contributed by atoms with Crippen molar-refractivity contribution in [2.45, 2.75) is 19.4 Å². The molecule has 1 aliphatic heterocycles. The minimum Gasteiger partial charge on any atom is -0.328 e. The molecule has 2 rings (SSSR count).